The number of aromatic nitrogens is 1. The lowest BCUT2D eigenvalue weighted by atomic mass is 9.90. The number of para-hydroxylation sites is 1. The number of aromatic amines is 1. The lowest BCUT2D eigenvalue weighted by Gasteiger charge is -2.20. The summed E-state index contributed by atoms with van der Waals surface area (Å²) in [7, 11) is 3.18. The third-order valence-electron chi connectivity index (χ3n) is 5.70. The van der Waals surface area contributed by atoms with Crippen LogP contribution in [0.5, 0.6) is 11.5 Å². The molecule has 4 rings (SSSR count). The van der Waals surface area contributed by atoms with Crippen LogP contribution in [0.1, 0.15) is 22.6 Å². The average Bonchev–Trinajstić information content (AvgIpc) is 3.25. The first-order valence-corrected chi connectivity index (χ1v) is 10.6. The van der Waals surface area contributed by atoms with Crippen molar-refractivity contribution in [1.82, 2.24) is 10.3 Å². The van der Waals surface area contributed by atoms with Crippen molar-refractivity contribution in [2.24, 2.45) is 0 Å². The highest BCUT2D eigenvalue weighted by Gasteiger charge is 2.21. The number of ether oxygens (including phenoxy) is 2. The van der Waals surface area contributed by atoms with E-state index in [1.807, 2.05) is 48.7 Å². The molecule has 3 aromatic carbocycles. The van der Waals surface area contributed by atoms with Crippen LogP contribution in [0.3, 0.4) is 0 Å². The van der Waals surface area contributed by atoms with Gasteiger partial charge in [-0.15, -0.1) is 0 Å². The molecule has 0 radical (unpaired) electrons. The van der Waals surface area contributed by atoms with Crippen molar-refractivity contribution in [2.75, 3.05) is 26.1 Å². The van der Waals surface area contributed by atoms with E-state index in [2.05, 4.69) is 15.6 Å². The van der Waals surface area contributed by atoms with E-state index in [9.17, 15) is 9.18 Å². The van der Waals surface area contributed by atoms with Gasteiger partial charge in [0.2, 0.25) is 0 Å². The standard InChI is InChI=1S/C26H26FN3O3/c1-16-8-10-18(13-22(16)27)30-26(31)29-14-20(17-9-11-24(32-2)25(12-17)33-3)21-15-28-23-7-5-4-6-19(21)23/h4-13,15,20,28H,14H2,1-3H3,(H2,29,30,31)/t20-/m0/s1. The molecule has 0 aliphatic rings. The van der Waals surface area contributed by atoms with Crippen molar-refractivity contribution in [3.8, 4) is 11.5 Å². The summed E-state index contributed by atoms with van der Waals surface area (Å²) in [6.45, 7) is 1.99. The van der Waals surface area contributed by atoms with Crippen molar-refractivity contribution >= 4 is 22.6 Å². The van der Waals surface area contributed by atoms with Gasteiger partial charge in [0.05, 0.1) is 14.2 Å². The number of amides is 2. The quantitative estimate of drug-likeness (QED) is 0.346. The van der Waals surface area contributed by atoms with E-state index in [1.54, 1.807) is 33.3 Å². The number of fused-ring (bicyclic) bond motifs is 1. The molecule has 4 aromatic rings. The van der Waals surface area contributed by atoms with E-state index >= 15 is 0 Å². The number of benzene rings is 3. The smallest absolute Gasteiger partial charge is 0.319 e. The van der Waals surface area contributed by atoms with Crippen LogP contribution in [0.25, 0.3) is 10.9 Å². The number of hydrogen-bond acceptors (Lipinski definition) is 3. The van der Waals surface area contributed by atoms with Crippen LogP contribution in [-0.4, -0.2) is 31.8 Å². The fraction of sp³-hybridized carbons (Fsp3) is 0.192. The van der Waals surface area contributed by atoms with Gasteiger partial charge in [0.25, 0.3) is 0 Å². The molecule has 3 N–H and O–H groups in total. The Hall–Kier alpha value is -4.00. The summed E-state index contributed by atoms with van der Waals surface area (Å²) in [5.41, 5.74) is 3.93. The van der Waals surface area contributed by atoms with Gasteiger partial charge in [-0.3, -0.25) is 0 Å². The highest BCUT2D eigenvalue weighted by molar-refractivity contribution is 5.89. The maximum Gasteiger partial charge on any atom is 0.319 e. The number of carbonyl (C=O) groups excluding carboxylic acids is 1. The molecule has 33 heavy (non-hydrogen) atoms. The van der Waals surface area contributed by atoms with Gasteiger partial charge in [-0.2, -0.15) is 0 Å². The minimum atomic E-state index is -0.413. The molecule has 170 valence electrons. The zero-order valence-electron chi connectivity index (χ0n) is 18.7. The van der Waals surface area contributed by atoms with Crippen molar-refractivity contribution in [3.63, 3.8) is 0 Å². The molecule has 0 saturated heterocycles. The van der Waals surface area contributed by atoms with E-state index < -0.39 is 6.03 Å². The maximum atomic E-state index is 13.8. The third kappa shape index (κ3) is 4.77. The van der Waals surface area contributed by atoms with Gasteiger partial charge in [-0.05, 0) is 53.9 Å². The Labute approximate surface area is 191 Å². The second-order valence-corrected chi connectivity index (χ2v) is 7.76. The number of carbonyl (C=O) groups is 1. The van der Waals surface area contributed by atoms with Crippen LogP contribution in [0.4, 0.5) is 14.9 Å². The number of anilines is 1. The Kier molecular flexibility index (Phi) is 6.49. The SMILES string of the molecule is COc1ccc([C@H](CNC(=O)Nc2ccc(C)c(F)c2)c2c[nH]c3ccccc23)cc1OC. The first-order chi connectivity index (χ1) is 16.0. The lowest BCUT2D eigenvalue weighted by molar-refractivity contribution is 0.252. The number of aryl methyl sites for hydroxylation is 1. The number of rotatable bonds is 7. The van der Waals surface area contributed by atoms with Gasteiger partial charge in [0.1, 0.15) is 5.82 Å². The summed E-state index contributed by atoms with van der Waals surface area (Å²) in [6, 6.07) is 17.9. The van der Waals surface area contributed by atoms with Gasteiger partial charge in [0, 0.05) is 35.2 Å². The topological polar surface area (TPSA) is 75.4 Å². The Balaban J connectivity index is 1.62. The van der Waals surface area contributed by atoms with Gasteiger partial charge in [-0.1, -0.05) is 30.3 Å². The molecular formula is C26H26FN3O3. The van der Waals surface area contributed by atoms with Gasteiger partial charge in [0.15, 0.2) is 11.5 Å². The van der Waals surface area contributed by atoms with Gasteiger partial charge < -0.3 is 25.1 Å². The van der Waals surface area contributed by atoms with Crippen molar-refractivity contribution in [3.05, 3.63) is 89.4 Å². The zero-order chi connectivity index (χ0) is 23.4. The maximum absolute atomic E-state index is 13.8. The minimum Gasteiger partial charge on any atom is -0.493 e. The summed E-state index contributed by atoms with van der Waals surface area (Å²) in [5, 5.41) is 6.69. The van der Waals surface area contributed by atoms with Crippen LogP contribution in [0.2, 0.25) is 0 Å². The number of nitrogens with one attached hydrogen (secondary N) is 3. The zero-order valence-corrected chi connectivity index (χ0v) is 18.7. The molecule has 0 fully saturated rings. The second-order valence-electron chi connectivity index (χ2n) is 7.76. The van der Waals surface area contributed by atoms with Crippen molar-refractivity contribution in [1.29, 1.82) is 0 Å². The highest BCUT2D eigenvalue weighted by atomic mass is 19.1. The number of halogens is 1. The fourth-order valence-electron chi connectivity index (χ4n) is 3.90. The Morgan fingerprint density at radius 2 is 1.82 bits per heavy atom. The monoisotopic (exact) mass is 447 g/mol. The molecule has 1 atom stereocenters. The lowest BCUT2D eigenvalue weighted by Crippen LogP contribution is -2.32. The summed E-state index contributed by atoms with van der Waals surface area (Å²) in [6.07, 6.45) is 1.96. The van der Waals surface area contributed by atoms with E-state index in [-0.39, 0.29) is 11.7 Å². The van der Waals surface area contributed by atoms with E-state index in [1.165, 1.54) is 6.07 Å². The third-order valence-corrected chi connectivity index (χ3v) is 5.70. The summed E-state index contributed by atoms with van der Waals surface area (Å²) in [4.78, 5) is 15.9. The predicted molar refractivity (Wildman–Crippen MR) is 128 cm³/mol. The first kappa shape index (κ1) is 22.2. The number of methoxy groups -OCH3 is 2. The minimum absolute atomic E-state index is 0.165. The number of urea groups is 1. The summed E-state index contributed by atoms with van der Waals surface area (Å²) < 4.78 is 24.7. The van der Waals surface area contributed by atoms with Crippen LogP contribution in [-0.2, 0) is 0 Å². The Morgan fingerprint density at radius 1 is 1.03 bits per heavy atom. The molecule has 6 nitrogen and oxygen atoms in total. The van der Waals surface area contributed by atoms with Crippen LogP contribution in [0.15, 0.2) is 66.9 Å². The van der Waals surface area contributed by atoms with Gasteiger partial charge >= 0.3 is 6.03 Å². The second kappa shape index (κ2) is 9.65. The van der Waals surface area contributed by atoms with Crippen LogP contribution < -0.4 is 20.1 Å². The van der Waals surface area contributed by atoms with Crippen LogP contribution >= 0.6 is 0 Å². The summed E-state index contributed by atoms with van der Waals surface area (Å²) in [5.74, 6) is 0.710. The molecule has 0 aliphatic heterocycles. The highest BCUT2D eigenvalue weighted by Crippen LogP contribution is 2.35. The fourth-order valence-corrected chi connectivity index (χ4v) is 3.90. The molecule has 0 unspecified atom stereocenters. The molecule has 0 bridgehead atoms. The van der Waals surface area contributed by atoms with E-state index in [0.717, 1.165) is 22.0 Å². The first-order valence-electron chi connectivity index (χ1n) is 10.6. The van der Waals surface area contributed by atoms with E-state index in [0.29, 0.717) is 29.3 Å². The predicted octanol–water partition coefficient (Wildman–Crippen LogP) is 5.59. The number of H-pyrrole nitrogens is 1. The average molecular weight is 448 g/mol. The van der Waals surface area contributed by atoms with Crippen LogP contribution in [0, 0.1) is 12.7 Å². The molecule has 0 saturated carbocycles. The number of hydrogen-bond donors (Lipinski definition) is 3. The molecule has 2 amide bonds. The van der Waals surface area contributed by atoms with E-state index in [4.69, 9.17) is 9.47 Å². The normalized spacial score (nSPS) is 11.8. The largest absolute Gasteiger partial charge is 0.493 e. The molecule has 0 spiro atoms. The Morgan fingerprint density at radius 3 is 2.58 bits per heavy atom. The van der Waals surface area contributed by atoms with Crippen molar-refractivity contribution in [2.45, 2.75) is 12.8 Å². The van der Waals surface area contributed by atoms with Crippen molar-refractivity contribution < 1.29 is 18.7 Å². The van der Waals surface area contributed by atoms with Gasteiger partial charge in [-0.25, -0.2) is 9.18 Å². The molecule has 7 heteroatoms. The Bertz CT molecular complexity index is 1290. The molecular weight excluding hydrogens is 421 g/mol. The molecule has 0 aliphatic carbocycles. The molecule has 1 heterocycles. The summed E-state index contributed by atoms with van der Waals surface area (Å²) >= 11 is 0. The molecule has 1 aromatic heterocycles.